The Labute approximate surface area is 206 Å². The Bertz CT molecular complexity index is 822. The van der Waals surface area contributed by atoms with E-state index >= 15 is 0 Å². The molecule has 0 fully saturated rings. The standard InChI is InChI=1S/C23H30F6O6Si/c1-4-19(30)33-36(34-20(31)5-2,35-21(32)6-3)12-10-8-7-9-11-16-13-17(22(24,25)26)15-18(14-16)23(27,28)29/h13-15H,4-12H2,1-3H3. The fraction of sp³-hybridized carbons (Fsp3) is 0.609. The van der Waals surface area contributed by atoms with Crippen LogP contribution in [0.5, 0.6) is 0 Å². The molecule has 0 spiro atoms. The highest BCUT2D eigenvalue weighted by molar-refractivity contribution is 6.65. The third-order valence-electron chi connectivity index (χ3n) is 5.02. The number of carbonyl (C=O) groups is 3. The minimum Gasteiger partial charge on any atom is -0.455 e. The number of benzene rings is 1. The number of aryl methyl sites for hydroxylation is 1. The maximum absolute atomic E-state index is 13.0. The fourth-order valence-electron chi connectivity index (χ4n) is 3.14. The summed E-state index contributed by atoms with van der Waals surface area (Å²) < 4.78 is 94.0. The molecule has 0 aromatic heterocycles. The summed E-state index contributed by atoms with van der Waals surface area (Å²) in [6, 6.07) is 1.44. The van der Waals surface area contributed by atoms with Gasteiger partial charge < -0.3 is 13.3 Å². The van der Waals surface area contributed by atoms with Crippen LogP contribution in [0.15, 0.2) is 18.2 Å². The molecule has 0 bridgehead atoms. The minimum absolute atomic E-state index is 0.0178. The second-order valence-corrected chi connectivity index (χ2v) is 10.5. The zero-order chi connectivity index (χ0) is 27.6. The summed E-state index contributed by atoms with van der Waals surface area (Å²) in [7, 11) is -4.03. The second kappa shape index (κ2) is 13.7. The van der Waals surface area contributed by atoms with Crippen molar-refractivity contribution in [3.05, 3.63) is 34.9 Å². The highest BCUT2D eigenvalue weighted by atomic mass is 28.4. The molecule has 0 saturated carbocycles. The van der Waals surface area contributed by atoms with Gasteiger partial charge in [0.2, 0.25) is 0 Å². The summed E-state index contributed by atoms with van der Waals surface area (Å²) in [5.74, 6) is -2.13. The molecule has 0 aliphatic rings. The maximum Gasteiger partial charge on any atom is 0.705 e. The smallest absolute Gasteiger partial charge is 0.455 e. The van der Waals surface area contributed by atoms with Crippen LogP contribution in [0.2, 0.25) is 6.04 Å². The first-order valence-electron chi connectivity index (χ1n) is 11.6. The number of unbranched alkanes of at least 4 members (excludes halogenated alkanes) is 3. The zero-order valence-electron chi connectivity index (χ0n) is 20.3. The number of carbonyl (C=O) groups excluding carboxylic acids is 3. The third kappa shape index (κ3) is 10.6. The zero-order valence-corrected chi connectivity index (χ0v) is 21.3. The lowest BCUT2D eigenvalue weighted by Crippen LogP contribution is -2.50. The SMILES string of the molecule is CCC(=O)O[Si](CCCCCCc1cc(C(F)(F)F)cc(C(F)(F)F)c1)(OC(=O)CC)OC(=O)CC. The molecular formula is C23H30F6O6Si. The molecule has 0 atom stereocenters. The van der Waals surface area contributed by atoms with Crippen LogP contribution in [-0.4, -0.2) is 26.7 Å². The molecule has 0 aliphatic heterocycles. The van der Waals surface area contributed by atoms with Gasteiger partial charge >= 0.3 is 21.2 Å². The Hall–Kier alpha value is -2.57. The van der Waals surface area contributed by atoms with Gasteiger partial charge in [-0.1, -0.05) is 33.6 Å². The third-order valence-corrected chi connectivity index (χ3v) is 7.60. The molecule has 0 saturated heterocycles. The summed E-state index contributed by atoms with van der Waals surface area (Å²) in [6.45, 7) is 4.55. The minimum atomic E-state index is -4.91. The van der Waals surface area contributed by atoms with Crippen LogP contribution in [0, 0.1) is 0 Å². The molecule has 1 aromatic carbocycles. The molecule has 0 N–H and O–H groups in total. The van der Waals surface area contributed by atoms with Crippen molar-refractivity contribution in [2.24, 2.45) is 0 Å². The first-order chi connectivity index (χ1) is 16.7. The van der Waals surface area contributed by atoms with Crippen molar-refractivity contribution in [1.82, 2.24) is 0 Å². The fourth-order valence-corrected chi connectivity index (χ4v) is 5.73. The van der Waals surface area contributed by atoms with Crippen LogP contribution in [0.25, 0.3) is 0 Å². The van der Waals surface area contributed by atoms with Crippen molar-refractivity contribution < 1.29 is 54.0 Å². The predicted octanol–water partition coefficient (Wildman–Crippen LogP) is 6.63. The average molecular weight is 545 g/mol. The molecule has 13 heteroatoms. The van der Waals surface area contributed by atoms with E-state index in [1.54, 1.807) is 0 Å². The number of alkyl halides is 6. The summed E-state index contributed by atoms with van der Waals surface area (Å²) in [6.07, 6.45) is -8.58. The van der Waals surface area contributed by atoms with Crippen molar-refractivity contribution in [2.75, 3.05) is 0 Å². The molecule has 1 rings (SSSR count). The van der Waals surface area contributed by atoms with Crippen LogP contribution in [-0.2, 0) is 46.4 Å². The topological polar surface area (TPSA) is 78.9 Å². The van der Waals surface area contributed by atoms with E-state index < -0.39 is 50.2 Å². The van der Waals surface area contributed by atoms with E-state index in [-0.39, 0.29) is 56.2 Å². The van der Waals surface area contributed by atoms with Gasteiger partial charge in [-0.05, 0) is 43.0 Å². The van der Waals surface area contributed by atoms with Crippen molar-refractivity contribution in [2.45, 2.75) is 90.5 Å². The maximum atomic E-state index is 13.0. The van der Waals surface area contributed by atoms with Gasteiger partial charge in [-0.2, -0.15) is 26.3 Å². The number of hydrogen-bond donors (Lipinski definition) is 0. The number of rotatable bonds is 13. The van der Waals surface area contributed by atoms with E-state index in [9.17, 15) is 40.7 Å². The highest BCUT2D eigenvalue weighted by Gasteiger charge is 2.52. The lowest BCUT2D eigenvalue weighted by Gasteiger charge is -2.27. The van der Waals surface area contributed by atoms with Gasteiger partial charge in [0.25, 0.3) is 17.9 Å². The van der Waals surface area contributed by atoms with Gasteiger partial charge in [0.05, 0.1) is 17.2 Å². The predicted molar refractivity (Wildman–Crippen MR) is 118 cm³/mol. The molecule has 36 heavy (non-hydrogen) atoms. The van der Waals surface area contributed by atoms with Gasteiger partial charge in [-0.3, -0.25) is 14.4 Å². The van der Waals surface area contributed by atoms with Gasteiger partial charge in [0, 0.05) is 19.3 Å². The Balaban J connectivity index is 2.84. The van der Waals surface area contributed by atoms with E-state index in [1.807, 2.05) is 0 Å². The normalized spacial score (nSPS) is 12.2. The summed E-state index contributed by atoms with van der Waals surface area (Å²) in [5, 5.41) is 0. The van der Waals surface area contributed by atoms with Crippen molar-refractivity contribution in [3.63, 3.8) is 0 Å². The van der Waals surface area contributed by atoms with Gasteiger partial charge in [0.1, 0.15) is 0 Å². The summed E-state index contributed by atoms with van der Waals surface area (Å²) in [4.78, 5) is 35.8. The van der Waals surface area contributed by atoms with Crippen LogP contribution in [0.3, 0.4) is 0 Å². The van der Waals surface area contributed by atoms with E-state index in [4.69, 9.17) is 13.3 Å². The summed E-state index contributed by atoms with van der Waals surface area (Å²) in [5.41, 5.74) is -2.82. The van der Waals surface area contributed by atoms with Crippen LogP contribution >= 0.6 is 0 Å². The molecule has 0 radical (unpaired) electrons. The van der Waals surface area contributed by atoms with Gasteiger partial charge in [-0.25, -0.2) is 0 Å². The Morgan fingerprint density at radius 3 is 1.42 bits per heavy atom. The lowest BCUT2D eigenvalue weighted by molar-refractivity contribution is -0.151. The molecular weight excluding hydrogens is 514 g/mol. The Morgan fingerprint density at radius 1 is 0.667 bits per heavy atom. The summed E-state index contributed by atoms with van der Waals surface area (Å²) >= 11 is 0. The number of halogens is 6. The van der Waals surface area contributed by atoms with Crippen molar-refractivity contribution in [3.8, 4) is 0 Å². The molecule has 1 aromatic rings. The molecule has 0 heterocycles. The van der Waals surface area contributed by atoms with Crippen LogP contribution in [0.1, 0.15) is 82.4 Å². The Morgan fingerprint density at radius 2 is 1.06 bits per heavy atom. The van der Waals surface area contributed by atoms with Gasteiger partial charge in [0.15, 0.2) is 0 Å². The quantitative estimate of drug-likeness (QED) is 0.158. The van der Waals surface area contributed by atoms with E-state index in [0.717, 1.165) is 0 Å². The average Bonchev–Trinajstić information content (AvgIpc) is 2.79. The van der Waals surface area contributed by atoms with Crippen LogP contribution in [0.4, 0.5) is 26.3 Å². The van der Waals surface area contributed by atoms with Crippen molar-refractivity contribution in [1.29, 1.82) is 0 Å². The lowest BCUT2D eigenvalue weighted by atomic mass is 10.00. The largest absolute Gasteiger partial charge is 0.705 e. The Kier molecular flexibility index (Phi) is 11.9. The van der Waals surface area contributed by atoms with E-state index in [0.29, 0.717) is 25.0 Å². The number of hydrogen-bond acceptors (Lipinski definition) is 6. The first kappa shape index (κ1) is 31.5. The van der Waals surface area contributed by atoms with Gasteiger partial charge in [-0.15, -0.1) is 0 Å². The molecule has 204 valence electrons. The monoisotopic (exact) mass is 544 g/mol. The highest BCUT2D eigenvalue weighted by Crippen LogP contribution is 2.36. The molecule has 0 unspecified atom stereocenters. The molecule has 0 aliphatic carbocycles. The van der Waals surface area contributed by atoms with Crippen molar-refractivity contribution >= 4 is 26.7 Å². The second-order valence-electron chi connectivity index (χ2n) is 7.99. The van der Waals surface area contributed by atoms with E-state index in [1.165, 1.54) is 20.8 Å². The first-order valence-corrected chi connectivity index (χ1v) is 13.5. The van der Waals surface area contributed by atoms with E-state index in [2.05, 4.69) is 0 Å². The van der Waals surface area contributed by atoms with Crippen LogP contribution < -0.4 is 0 Å². The molecule has 0 amide bonds. The molecule has 6 nitrogen and oxygen atoms in total.